The van der Waals surface area contributed by atoms with Gasteiger partial charge in [0.25, 0.3) is 0 Å². The lowest BCUT2D eigenvalue weighted by Gasteiger charge is -2.08. The highest BCUT2D eigenvalue weighted by Gasteiger charge is 2.11. The van der Waals surface area contributed by atoms with Crippen LogP contribution in [0.15, 0.2) is 48.5 Å². The molecule has 0 heterocycles. The fraction of sp³-hybridized carbons (Fsp3) is 0.143. The van der Waals surface area contributed by atoms with E-state index < -0.39 is 10.0 Å². The number of nitrogens with two attached hydrogens (primary N) is 1. The smallest absolute Gasteiger partial charge is 0.236 e. The molecule has 2 aromatic carbocycles. The predicted octanol–water partition coefficient (Wildman–Crippen LogP) is 2.52. The minimum Gasteiger partial charge on any atom is -0.399 e. The number of hydrogen-bond acceptors (Lipinski definition) is 3. The Labute approximate surface area is 113 Å². The van der Waals surface area contributed by atoms with Gasteiger partial charge in [-0.05, 0) is 36.8 Å². The van der Waals surface area contributed by atoms with Crippen LogP contribution in [-0.2, 0) is 15.8 Å². The topological polar surface area (TPSA) is 72.2 Å². The number of sulfonamides is 1. The maximum Gasteiger partial charge on any atom is 0.236 e. The third kappa shape index (κ3) is 3.99. The second kappa shape index (κ2) is 5.32. The van der Waals surface area contributed by atoms with Crippen LogP contribution in [0.2, 0.25) is 0 Å². The van der Waals surface area contributed by atoms with Crippen molar-refractivity contribution in [3.8, 4) is 0 Å². The van der Waals surface area contributed by atoms with E-state index >= 15 is 0 Å². The Kier molecular flexibility index (Phi) is 3.76. The lowest BCUT2D eigenvalue weighted by Crippen LogP contribution is -2.15. The van der Waals surface area contributed by atoms with Gasteiger partial charge in [0, 0.05) is 11.4 Å². The van der Waals surface area contributed by atoms with E-state index in [-0.39, 0.29) is 5.75 Å². The van der Waals surface area contributed by atoms with E-state index in [4.69, 9.17) is 5.73 Å². The molecule has 3 N–H and O–H groups in total. The molecule has 4 nitrogen and oxygen atoms in total. The fourth-order valence-electron chi connectivity index (χ4n) is 1.67. The highest BCUT2D eigenvalue weighted by Crippen LogP contribution is 2.14. The standard InChI is InChI=1S/C14H16N2O2S/c1-11-2-8-14(9-3-11)16-19(17,18)10-12-4-6-13(15)7-5-12/h2-9,16H,10,15H2,1H3. The summed E-state index contributed by atoms with van der Waals surface area (Å²) in [6.07, 6.45) is 0. The number of anilines is 2. The molecule has 0 saturated carbocycles. The molecular formula is C14H16N2O2S. The van der Waals surface area contributed by atoms with Crippen molar-refractivity contribution in [1.29, 1.82) is 0 Å². The van der Waals surface area contributed by atoms with Crippen LogP contribution in [0.25, 0.3) is 0 Å². The molecule has 0 fully saturated rings. The largest absolute Gasteiger partial charge is 0.399 e. The van der Waals surface area contributed by atoms with Crippen molar-refractivity contribution in [3.63, 3.8) is 0 Å². The average molecular weight is 276 g/mol. The summed E-state index contributed by atoms with van der Waals surface area (Å²) in [6, 6.07) is 14.0. The molecule has 2 rings (SSSR count). The molecule has 0 spiro atoms. The molecule has 100 valence electrons. The Morgan fingerprint density at radius 2 is 1.58 bits per heavy atom. The molecule has 0 atom stereocenters. The van der Waals surface area contributed by atoms with Crippen molar-refractivity contribution in [3.05, 3.63) is 59.7 Å². The Hall–Kier alpha value is -2.01. The molecule has 0 amide bonds. The molecule has 5 heteroatoms. The molecule has 0 aliphatic carbocycles. The summed E-state index contributed by atoms with van der Waals surface area (Å²) < 4.78 is 26.5. The van der Waals surface area contributed by atoms with E-state index in [0.29, 0.717) is 16.9 Å². The highest BCUT2D eigenvalue weighted by atomic mass is 32.2. The van der Waals surface area contributed by atoms with Crippen LogP contribution in [0.3, 0.4) is 0 Å². The quantitative estimate of drug-likeness (QED) is 0.843. The third-order valence-electron chi connectivity index (χ3n) is 2.66. The first-order chi connectivity index (χ1) is 8.94. The monoisotopic (exact) mass is 276 g/mol. The van der Waals surface area contributed by atoms with Gasteiger partial charge < -0.3 is 5.73 Å². The van der Waals surface area contributed by atoms with Gasteiger partial charge in [-0.15, -0.1) is 0 Å². The van der Waals surface area contributed by atoms with E-state index in [1.807, 2.05) is 19.1 Å². The second-order valence-electron chi connectivity index (χ2n) is 4.47. The molecule has 0 aromatic heterocycles. The number of hydrogen-bond donors (Lipinski definition) is 2. The number of rotatable bonds is 4. The summed E-state index contributed by atoms with van der Waals surface area (Å²) in [5.41, 5.74) is 8.54. The fourth-order valence-corrected chi connectivity index (χ4v) is 2.87. The van der Waals surface area contributed by atoms with Gasteiger partial charge in [0.1, 0.15) is 0 Å². The first-order valence-electron chi connectivity index (χ1n) is 5.86. The van der Waals surface area contributed by atoms with Crippen molar-refractivity contribution in [2.75, 3.05) is 10.5 Å². The first-order valence-corrected chi connectivity index (χ1v) is 7.51. The van der Waals surface area contributed by atoms with Crippen LogP contribution in [0, 0.1) is 6.92 Å². The van der Waals surface area contributed by atoms with E-state index in [0.717, 1.165) is 5.56 Å². The zero-order valence-corrected chi connectivity index (χ0v) is 11.4. The summed E-state index contributed by atoms with van der Waals surface area (Å²) in [7, 11) is -3.40. The maximum absolute atomic E-state index is 12.0. The Bertz CT molecular complexity index is 593. The number of nitrogen functional groups attached to an aromatic ring is 1. The van der Waals surface area contributed by atoms with Gasteiger partial charge in [0.05, 0.1) is 5.75 Å². The van der Waals surface area contributed by atoms with E-state index in [9.17, 15) is 8.42 Å². The van der Waals surface area contributed by atoms with E-state index in [1.54, 1.807) is 36.4 Å². The van der Waals surface area contributed by atoms with Crippen molar-refractivity contribution < 1.29 is 8.42 Å². The molecular weight excluding hydrogens is 260 g/mol. The van der Waals surface area contributed by atoms with Gasteiger partial charge in [0.15, 0.2) is 0 Å². The molecule has 0 aliphatic heterocycles. The maximum atomic E-state index is 12.0. The Balaban J connectivity index is 2.10. The number of benzene rings is 2. The molecule has 0 bridgehead atoms. The third-order valence-corrected chi connectivity index (χ3v) is 3.92. The van der Waals surface area contributed by atoms with Crippen LogP contribution in [-0.4, -0.2) is 8.42 Å². The average Bonchev–Trinajstić information content (AvgIpc) is 2.34. The first kappa shape index (κ1) is 13.4. The lowest BCUT2D eigenvalue weighted by molar-refractivity contribution is 0.600. The number of aryl methyl sites for hydroxylation is 1. The van der Waals surface area contributed by atoms with Gasteiger partial charge in [-0.1, -0.05) is 29.8 Å². The summed E-state index contributed by atoms with van der Waals surface area (Å²) in [4.78, 5) is 0. The molecule has 0 unspecified atom stereocenters. The summed E-state index contributed by atoms with van der Waals surface area (Å²) >= 11 is 0. The van der Waals surface area contributed by atoms with Crippen molar-refractivity contribution in [2.45, 2.75) is 12.7 Å². The van der Waals surface area contributed by atoms with Gasteiger partial charge >= 0.3 is 0 Å². The second-order valence-corrected chi connectivity index (χ2v) is 6.19. The zero-order valence-electron chi connectivity index (χ0n) is 10.6. The minimum absolute atomic E-state index is 0.0683. The van der Waals surface area contributed by atoms with Gasteiger partial charge in [0.2, 0.25) is 10.0 Å². The normalized spacial score (nSPS) is 11.2. The zero-order chi connectivity index (χ0) is 13.9. The predicted molar refractivity (Wildman–Crippen MR) is 78.3 cm³/mol. The Morgan fingerprint density at radius 1 is 1.00 bits per heavy atom. The molecule has 0 saturated heterocycles. The minimum atomic E-state index is -3.40. The van der Waals surface area contributed by atoms with Crippen LogP contribution < -0.4 is 10.5 Å². The summed E-state index contributed by atoms with van der Waals surface area (Å²) in [5, 5.41) is 0. The van der Waals surface area contributed by atoms with Gasteiger partial charge in [-0.2, -0.15) is 0 Å². The lowest BCUT2D eigenvalue weighted by atomic mass is 10.2. The molecule has 19 heavy (non-hydrogen) atoms. The Morgan fingerprint density at radius 3 is 2.16 bits per heavy atom. The van der Waals surface area contributed by atoms with Crippen LogP contribution in [0.4, 0.5) is 11.4 Å². The SMILES string of the molecule is Cc1ccc(NS(=O)(=O)Cc2ccc(N)cc2)cc1. The van der Waals surface area contributed by atoms with E-state index in [2.05, 4.69) is 4.72 Å². The van der Waals surface area contributed by atoms with Gasteiger partial charge in [-0.25, -0.2) is 8.42 Å². The molecule has 0 aliphatic rings. The van der Waals surface area contributed by atoms with Crippen molar-refractivity contribution in [1.82, 2.24) is 0 Å². The van der Waals surface area contributed by atoms with Crippen molar-refractivity contribution >= 4 is 21.4 Å². The number of nitrogens with one attached hydrogen (secondary N) is 1. The molecule has 0 radical (unpaired) electrons. The van der Waals surface area contributed by atoms with Gasteiger partial charge in [-0.3, -0.25) is 4.72 Å². The van der Waals surface area contributed by atoms with Crippen LogP contribution in [0.5, 0.6) is 0 Å². The van der Waals surface area contributed by atoms with Crippen LogP contribution >= 0.6 is 0 Å². The van der Waals surface area contributed by atoms with Crippen molar-refractivity contribution in [2.24, 2.45) is 0 Å². The van der Waals surface area contributed by atoms with Crippen LogP contribution in [0.1, 0.15) is 11.1 Å². The van der Waals surface area contributed by atoms with E-state index in [1.165, 1.54) is 0 Å². The summed E-state index contributed by atoms with van der Waals surface area (Å²) in [5.74, 6) is -0.0683. The highest BCUT2D eigenvalue weighted by molar-refractivity contribution is 7.91. The molecule has 2 aromatic rings. The summed E-state index contributed by atoms with van der Waals surface area (Å²) in [6.45, 7) is 1.95.